The van der Waals surface area contributed by atoms with Crippen molar-refractivity contribution >= 4 is 28.7 Å². The maximum absolute atomic E-state index is 12.7. The van der Waals surface area contributed by atoms with Gasteiger partial charge >= 0.3 is 0 Å². The third-order valence-electron chi connectivity index (χ3n) is 2.34. The highest BCUT2D eigenvalue weighted by molar-refractivity contribution is 7.82. The van der Waals surface area contributed by atoms with Crippen LogP contribution >= 0.6 is 12.2 Å². The molecular weight excluding hydrogens is 249 g/mol. The summed E-state index contributed by atoms with van der Waals surface area (Å²) in [4.78, 5) is 12.0. The van der Waals surface area contributed by atoms with Crippen LogP contribution in [0.1, 0.15) is 10.4 Å². The van der Waals surface area contributed by atoms with E-state index in [2.05, 4.69) is 5.32 Å². The Labute approximate surface area is 109 Å². The summed E-state index contributed by atoms with van der Waals surface area (Å²) in [5.41, 5.74) is 1.11. The van der Waals surface area contributed by atoms with E-state index in [1.807, 2.05) is 6.07 Å². The minimum absolute atomic E-state index is 0.0906. The molecule has 0 aliphatic carbocycles. The van der Waals surface area contributed by atoms with E-state index in [4.69, 9.17) is 12.2 Å². The van der Waals surface area contributed by atoms with Gasteiger partial charge < -0.3 is 5.32 Å². The van der Waals surface area contributed by atoms with Crippen molar-refractivity contribution in [3.8, 4) is 0 Å². The Kier molecular flexibility index (Phi) is 3.79. The van der Waals surface area contributed by atoms with Gasteiger partial charge in [0.15, 0.2) is 4.99 Å². The van der Waals surface area contributed by atoms with Crippen molar-refractivity contribution in [2.75, 3.05) is 5.32 Å². The number of nitrogens with one attached hydrogen (secondary N) is 1. The van der Waals surface area contributed by atoms with Crippen LogP contribution in [-0.4, -0.2) is 10.8 Å². The minimum Gasteiger partial charge on any atom is -0.343 e. The Bertz CT molecular complexity index is 566. The Morgan fingerprint density at radius 2 is 1.61 bits per heavy atom. The number of benzene rings is 2. The van der Waals surface area contributed by atoms with E-state index in [9.17, 15) is 9.18 Å². The second-order valence-corrected chi connectivity index (χ2v) is 4.06. The van der Waals surface area contributed by atoms with Crippen LogP contribution in [0.15, 0.2) is 54.6 Å². The van der Waals surface area contributed by atoms with Gasteiger partial charge in [0.1, 0.15) is 5.82 Å². The molecule has 0 fully saturated rings. The first kappa shape index (κ1) is 12.4. The summed E-state index contributed by atoms with van der Waals surface area (Å²) < 4.78 is 12.7. The maximum Gasteiger partial charge on any atom is 0.220 e. The van der Waals surface area contributed by atoms with Crippen molar-refractivity contribution in [3.05, 3.63) is 66.0 Å². The van der Waals surface area contributed by atoms with Crippen LogP contribution in [0.25, 0.3) is 0 Å². The van der Waals surface area contributed by atoms with Crippen LogP contribution < -0.4 is 5.32 Å². The van der Waals surface area contributed by atoms with Crippen molar-refractivity contribution in [1.82, 2.24) is 0 Å². The fourth-order valence-corrected chi connectivity index (χ4v) is 1.68. The highest BCUT2D eigenvalue weighted by atomic mass is 32.1. The van der Waals surface area contributed by atoms with Gasteiger partial charge in [-0.05, 0) is 24.3 Å². The molecule has 0 radical (unpaired) electrons. The van der Waals surface area contributed by atoms with Gasteiger partial charge in [-0.25, -0.2) is 4.39 Å². The van der Waals surface area contributed by atoms with Crippen molar-refractivity contribution in [2.24, 2.45) is 0 Å². The van der Waals surface area contributed by atoms with Crippen LogP contribution in [0.2, 0.25) is 0 Å². The molecular formula is C14H10FNOS. The first-order valence-corrected chi connectivity index (χ1v) is 5.74. The highest BCUT2D eigenvalue weighted by Gasteiger charge is 2.11. The zero-order valence-electron chi connectivity index (χ0n) is 9.39. The summed E-state index contributed by atoms with van der Waals surface area (Å²) in [5, 5.41) is 2.78. The van der Waals surface area contributed by atoms with Gasteiger partial charge in [0.2, 0.25) is 5.78 Å². The predicted molar refractivity (Wildman–Crippen MR) is 73.4 cm³/mol. The standard InChI is InChI=1S/C14H10FNOS/c15-11-6-8-12(9-7-11)16-14(18)13(17)10-4-2-1-3-5-10/h1-9H,(H,16,18). The molecule has 18 heavy (non-hydrogen) atoms. The number of rotatable bonds is 3. The lowest BCUT2D eigenvalue weighted by atomic mass is 10.1. The molecule has 0 aliphatic rings. The van der Waals surface area contributed by atoms with Gasteiger partial charge in [-0.3, -0.25) is 4.79 Å². The maximum atomic E-state index is 12.7. The molecule has 4 heteroatoms. The molecule has 0 aromatic heterocycles. The molecule has 1 N–H and O–H groups in total. The van der Waals surface area contributed by atoms with Crippen molar-refractivity contribution in [2.45, 2.75) is 0 Å². The monoisotopic (exact) mass is 259 g/mol. The average molecular weight is 259 g/mol. The molecule has 0 saturated heterocycles. The Balaban J connectivity index is 2.09. The second kappa shape index (κ2) is 5.51. The summed E-state index contributed by atoms with van der Waals surface area (Å²) in [6, 6.07) is 14.4. The van der Waals surface area contributed by atoms with E-state index in [0.29, 0.717) is 11.3 Å². The molecule has 0 bridgehead atoms. The normalized spacial score (nSPS) is 9.83. The third kappa shape index (κ3) is 2.99. The lowest BCUT2D eigenvalue weighted by molar-refractivity contribution is 0.106. The number of ketones is 1. The average Bonchev–Trinajstić information content (AvgIpc) is 2.41. The molecule has 0 atom stereocenters. The van der Waals surface area contributed by atoms with E-state index < -0.39 is 0 Å². The molecule has 2 rings (SSSR count). The fourth-order valence-electron chi connectivity index (χ4n) is 1.44. The summed E-state index contributed by atoms with van der Waals surface area (Å²) in [7, 11) is 0. The van der Waals surface area contributed by atoms with E-state index in [1.165, 1.54) is 24.3 Å². The summed E-state index contributed by atoms with van der Waals surface area (Å²) in [5.74, 6) is -0.587. The summed E-state index contributed by atoms with van der Waals surface area (Å²) in [6.07, 6.45) is 0. The molecule has 0 amide bonds. The lowest BCUT2D eigenvalue weighted by Crippen LogP contribution is -2.20. The van der Waals surface area contributed by atoms with E-state index in [-0.39, 0.29) is 16.6 Å². The fraction of sp³-hybridized carbons (Fsp3) is 0. The quantitative estimate of drug-likeness (QED) is 0.676. The van der Waals surface area contributed by atoms with E-state index in [1.54, 1.807) is 24.3 Å². The van der Waals surface area contributed by atoms with Crippen LogP contribution in [0.4, 0.5) is 10.1 Å². The molecule has 2 aromatic rings. The Morgan fingerprint density at radius 1 is 1.00 bits per heavy atom. The first-order valence-electron chi connectivity index (χ1n) is 5.33. The smallest absolute Gasteiger partial charge is 0.220 e. The van der Waals surface area contributed by atoms with Crippen LogP contribution in [0.5, 0.6) is 0 Å². The van der Waals surface area contributed by atoms with Crippen molar-refractivity contribution in [1.29, 1.82) is 0 Å². The molecule has 2 nitrogen and oxygen atoms in total. The highest BCUT2D eigenvalue weighted by Crippen LogP contribution is 2.10. The Hall–Kier alpha value is -2.07. The Morgan fingerprint density at radius 3 is 2.22 bits per heavy atom. The summed E-state index contributed by atoms with van der Waals surface area (Å²) in [6.45, 7) is 0. The van der Waals surface area contributed by atoms with Crippen LogP contribution in [0, 0.1) is 5.82 Å². The molecule has 0 spiro atoms. The van der Waals surface area contributed by atoms with Gasteiger partial charge in [0, 0.05) is 11.3 Å². The summed E-state index contributed by atoms with van der Waals surface area (Å²) >= 11 is 5.02. The third-order valence-corrected chi connectivity index (χ3v) is 2.63. The topological polar surface area (TPSA) is 29.1 Å². The van der Waals surface area contributed by atoms with Gasteiger partial charge in [0.05, 0.1) is 0 Å². The molecule has 0 heterocycles. The largest absolute Gasteiger partial charge is 0.343 e. The zero-order chi connectivity index (χ0) is 13.0. The zero-order valence-corrected chi connectivity index (χ0v) is 10.2. The number of carbonyl (C=O) groups excluding carboxylic acids is 1. The number of thiocarbonyl (C=S) groups is 1. The molecule has 90 valence electrons. The van der Waals surface area contributed by atoms with Crippen LogP contribution in [0.3, 0.4) is 0 Å². The van der Waals surface area contributed by atoms with Gasteiger partial charge in [0.25, 0.3) is 0 Å². The van der Waals surface area contributed by atoms with E-state index >= 15 is 0 Å². The number of halogens is 1. The van der Waals surface area contributed by atoms with Gasteiger partial charge in [-0.1, -0.05) is 42.5 Å². The minimum atomic E-state index is -0.333. The number of Topliss-reactive ketones (excluding diaryl/α,β-unsaturated/α-hetero) is 1. The van der Waals surface area contributed by atoms with Crippen molar-refractivity contribution < 1.29 is 9.18 Å². The molecule has 2 aromatic carbocycles. The molecule has 0 aliphatic heterocycles. The second-order valence-electron chi connectivity index (χ2n) is 3.66. The number of hydrogen-bond acceptors (Lipinski definition) is 2. The SMILES string of the molecule is O=C(C(=S)Nc1ccc(F)cc1)c1ccccc1. The van der Waals surface area contributed by atoms with Gasteiger partial charge in [-0.15, -0.1) is 0 Å². The van der Waals surface area contributed by atoms with Gasteiger partial charge in [-0.2, -0.15) is 0 Å². The van der Waals surface area contributed by atoms with Crippen LogP contribution in [-0.2, 0) is 0 Å². The number of hydrogen-bond donors (Lipinski definition) is 1. The van der Waals surface area contributed by atoms with E-state index in [0.717, 1.165) is 0 Å². The number of carbonyl (C=O) groups is 1. The molecule has 0 unspecified atom stereocenters. The lowest BCUT2D eigenvalue weighted by Gasteiger charge is -2.06. The first-order chi connectivity index (χ1) is 8.66. The number of anilines is 1. The molecule has 0 saturated carbocycles. The predicted octanol–water partition coefficient (Wildman–Crippen LogP) is 3.45. The van der Waals surface area contributed by atoms with Crippen molar-refractivity contribution in [3.63, 3.8) is 0 Å².